The molecule has 0 radical (unpaired) electrons. The van der Waals surface area contributed by atoms with Gasteiger partial charge in [-0.05, 0) is 58.9 Å². The van der Waals surface area contributed by atoms with Crippen molar-refractivity contribution in [3.05, 3.63) is 23.8 Å². The minimum atomic E-state index is -0.491. The zero-order valence-electron chi connectivity index (χ0n) is 17.4. The van der Waals surface area contributed by atoms with Crippen LogP contribution in [0.2, 0.25) is 0 Å². The third kappa shape index (κ3) is 5.61. The summed E-state index contributed by atoms with van der Waals surface area (Å²) in [4.78, 5) is 17.5. The lowest BCUT2D eigenvalue weighted by molar-refractivity contribution is 0.00706. The van der Waals surface area contributed by atoms with Crippen molar-refractivity contribution in [3.8, 4) is 0 Å². The molecule has 2 fully saturated rings. The van der Waals surface area contributed by atoms with Gasteiger partial charge in [-0.15, -0.1) is 0 Å². The van der Waals surface area contributed by atoms with Crippen molar-refractivity contribution in [1.82, 2.24) is 4.90 Å². The topological polar surface area (TPSA) is 44.8 Å². The van der Waals surface area contributed by atoms with Gasteiger partial charge in [-0.2, -0.15) is 0 Å². The fourth-order valence-corrected chi connectivity index (χ4v) is 3.89. The standard InChI is InChI=1S/C22H35N3O2/c1-22(2,3)27-21(26)19-11-10-18(25-14-12-24(4)13-15-25)16-20(19)23-17-8-6-5-7-9-17/h10-11,16-17,23H,5-9,12-15H2,1-4H3. The molecule has 5 heteroatoms. The highest BCUT2D eigenvalue weighted by molar-refractivity contribution is 5.96. The van der Waals surface area contributed by atoms with Gasteiger partial charge in [0.1, 0.15) is 5.60 Å². The largest absolute Gasteiger partial charge is 0.456 e. The van der Waals surface area contributed by atoms with Crippen LogP contribution in [0.4, 0.5) is 11.4 Å². The number of likely N-dealkylation sites (N-methyl/N-ethyl adjacent to an activating group) is 1. The first kappa shape index (κ1) is 20.0. The molecule has 1 aliphatic heterocycles. The van der Waals surface area contributed by atoms with Crippen molar-refractivity contribution >= 4 is 17.3 Å². The number of piperazine rings is 1. The van der Waals surface area contributed by atoms with Gasteiger partial charge in [0, 0.05) is 37.9 Å². The van der Waals surface area contributed by atoms with E-state index in [-0.39, 0.29) is 5.97 Å². The summed E-state index contributed by atoms with van der Waals surface area (Å²) in [6, 6.07) is 6.60. The summed E-state index contributed by atoms with van der Waals surface area (Å²) in [6.45, 7) is 9.92. The molecule has 0 aromatic heterocycles. The maximum absolute atomic E-state index is 12.8. The molecule has 2 aliphatic rings. The maximum Gasteiger partial charge on any atom is 0.340 e. The molecule has 1 aliphatic carbocycles. The zero-order valence-corrected chi connectivity index (χ0v) is 17.4. The van der Waals surface area contributed by atoms with Gasteiger partial charge in [-0.3, -0.25) is 0 Å². The summed E-state index contributed by atoms with van der Waals surface area (Å²) in [5.41, 5.74) is 2.27. The zero-order chi connectivity index (χ0) is 19.4. The van der Waals surface area contributed by atoms with Crippen molar-refractivity contribution in [2.45, 2.75) is 64.5 Å². The SMILES string of the molecule is CN1CCN(c2ccc(C(=O)OC(C)(C)C)c(NC3CCCCC3)c2)CC1. The van der Waals surface area contributed by atoms with Crippen LogP contribution in [-0.4, -0.2) is 55.7 Å². The summed E-state index contributed by atoms with van der Waals surface area (Å²) in [5, 5.41) is 3.67. The Kier molecular flexibility index (Phi) is 6.30. The van der Waals surface area contributed by atoms with Crippen molar-refractivity contribution in [2.24, 2.45) is 0 Å². The number of benzene rings is 1. The minimum absolute atomic E-state index is 0.245. The lowest BCUT2D eigenvalue weighted by atomic mass is 9.95. The molecule has 150 valence electrons. The highest BCUT2D eigenvalue weighted by atomic mass is 16.6. The Morgan fingerprint density at radius 3 is 2.37 bits per heavy atom. The van der Waals surface area contributed by atoms with Crippen LogP contribution in [0.5, 0.6) is 0 Å². The summed E-state index contributed by atoms with van der Waals surface area (Å²) < 4.78 is 5.65. The van der Waals surface area contributed by atoms with Crippen LogP contribution in [0, 0.1) is 0 Å². The van der Waals surface area contributed by atoms with Crippen LogP contribution >= 0.6 is 0 Å². The van der Waals surface area contributed by atoms with Crippen molar-refractivity contribution in [1.29, 1.82) is 0 Å². The normalized spacial score (nSPS) is 19.8. The molecule has 1 saturated carbocycles. The van der Waals surface area contributed by atoms with E-state index in [0.717, 1.165) is 31.9 Å². The van der Waals surface area contributed by atoms with E-state index >= 15 is 0 Å². The van der Waals surface area contributed by atoms with E-state index in [1.165, 1.54) is 37.8 Å². The fraction of sp³-hybridized carbons (Fsp3) is 0.682. The van der Waals surface area contributed by atoms with Gasteiger partial charge < -0.3 is 19.9 Å². The fourth-order valence-electron chi connectivity index (χ4n) is 3.89. The van der Waals surface area contributed by atoms with Gasteiger partial charge in [0.2, 0.25) is 0 Å². The van der Waals surface area contributed by atoms with Crippen molar-refractivity contribution in [2.75, 3.05) is 43.4 Å². The van der Waals surface area contributed by atoms with Crippen LogP contribution in [0.15, 0.2) is 18.2 Å². The molecular formula is C22H35N3O2. The number of carbonyl (C=O) groups is 1. The van der Waals surface area contributed by atoms with Gasteiger partial charge in [-0.25, -0.2) is 4.79 Å². The molecule has 0 atom stereocenters. The first-order chi connectivity index (χ1) is 12.8. The molecule has 0 unspecified atom stereocenters. The number of anilines is 2. The average Bonchev–Trinajstić information content (AvgIpc) is 2.61. The van der Waals surface area contributed by atoms with Crippen LogP contribution in [0.3, 0.4) is 0 Å². The van der Waals surface area contributed by atoms with Gasteiger partial charge in [0.15, 0.2) is 0 Å². The highest BCUT2D eigenvalue weighted by Crippen LogP contribution is 2.29. The molecule has 27 heavy (non-hydrogen) atoms. The summed E-state index contributed by atoms with van der Waals surface area (Å²) in [7, 11) is 2.17. The van der Waals surface area contributed by atoms with E-state index < -0.39 is 5.60 Å². The first-order valence-corrected chi connectivity index (χ1v) is 10.4. The Labute approximate surface area is 164 Å². The summed E-state index contributed by atoms with van der Waals surface area (Å²) in [6.07, 6.45) is 6.19. The predicted molar refractivity (Wildman–Crippen MR) is 112 cm³/mol. The molecule has 1 saturated heterocycles. The first-order valence-electron chi connectivity index (χ1n) is 10.4. The maximum atomic E-state index is 12.8. The van der Waals surface area contributed by atoms with Crippen molar-refractivity contribution < 1.29 is 9.53 Å². The van der Waals surface area contributed by atoms with Crippen LogP contribution in [0.1, 0.15) is 63.2 Å². The molecule has 0 spiro atoms. The second-order valence-electron chi connectivity index (χ2n) is 9.00. The van der Waals surface area contributed by atoms with E-state index in [2.05, 4.69) is 34.3 Å². The van der Waals surface area contributed by atoms with Crippen molar-refractivity contribution in [3.63, 3.8) is 0 Å². The highest BCUT2D eigenvalue weighted by Gasteiger charge is 2.24. The number of rotatable bonds is 4. The second-order valence-corrected chi connectivity index (χ2v) is 9.00. The molecule has 3 rings (SSSR count). The number of esters is 1. The summed E-state index contributed by atoms with van der Waals surface area (Å²) in [5.74, 6) is -0.245. The van der Waals surface area contributed by atoms with E-state index in [1.807, 2.05) is 26.8 Å². The number of nitrogens with one attached hydrogen (secondary N) is 1. The van der Waals surface area contributed by atoms with Crippen LogP contribution < -0.4 is 10.2 Å². The third-order valence-corrected chi connectivity index (χ3v) is 5.46. The second kappa shape index (κ2) is 8.51. The minimum Gasteiger partial charge on any atom is -0.456 e. The Morgan fingerprint density at radius 1 is 1.07 bits per heavy atom. The summed E-state index contributed by atoms with van der Waals surface area (Å²) >= 11 is 0. The van der Waals surface area contributed by atoms with Crippen LogP contribution in [-0.2, 0) is 4.74 Å². The Bertz CT molecular complexity index is 639. The number of nitrogens with zero attached hydrogens (tertiary/aromatic N) is 2. The smallest absolute Gasteiger partial charge is 0.340 e. The third-order valence-electron chi connectivity index (χ3n) is 5.46. The Hall–Kier alpha value is -1.75. The molecule has 1 aromatic carbocycles. The number of ether oxygens (including phenoxy) is 1. The van der Waals surface area contributed by atoms with Gasteiger partial charge >= 0.3 is 5.97 Å². The monoisotopic (exact) mass is 373 g/mol. The molecule has 0 bridgehead atoms. The molecule has 0 amide bonds. The van der Waals surface area contributed by atoms with Crippen LogP contribution in [0.25, 0.3) is 0 Å². The average molecular weight is 374 g/mol. The van der Waals surface area contributed by atoms with Gasteiger partial charge in [-0.1, -0.05) is 19.3 Å². The van der Waals surface area contributed by atoms with E-state index in [9.17, 15) is 4.79 Å². The number of carbonyl (C=O) groups excluding carboxylic acids is 1. The van der Waals surface area contributed by atoms with Gasteiger partial charge in [0.05, 0.1) is 11.3 Å². The van der Waals surface area contributed by atoms with E-state index in [1.54, 1.807) is 0 Å². The Balaban J connectivity index is 1.83. The van der Waals surface area contributed by atoms with Gasteiger partial charge in [0.25, 0.3) is 0 Å². The lowest BCUT2D eigenvalue weighted by Gasteiger charge is -2.34. The lowest BCUT2D eigenvalue weighted by Crippen LogP contribution is -2.44. The number of hydrogen-bond acceptors (Lipinski definition) is 5. The molecular weight excluding hydrogens is 338 g/mol. The molecule has 5 nitrogen and oxygen atoms in total. The van der Waals surface area contributed by atoms with E-state index in [0.29, 0.717) is 11.6 Å². The predicted octanol–water partition coefficient (Wildman–Crippen LogP) is 4.14. The molecule has 1 heterocycles. The quantitative estimate of drug-likeness (QED) is 0.804. The Morgan fingerprint density at radius 2 is 1.74 bits per heavy atom. The molecule has 1 aromatic rings. The number of hydrogen-bond donors (Lipinski definition) is 1. The van der Waals surface area contributed by atoms with E-state index in [4.69, 9.17) is 4.74 Å². The molecule has 1 N–H and O–H groups in total.